The zero-order chi connectivity index (χ0) is 15.5. The van der Waals surface area contributed by atoms with Gasteiger partial charge in [0, 0.05) is 12.5 Å². The lowest BCUT2D eigenvalue weighted by molar-refractivity contribution is -0.118. The Morgan fingerprint density at radius 3 is 3.05 bits per heavy atom. The Hall–Kier alpha value is -2.83. The van der Waals surface area contributed by atoms with E-state index in [4.69, 9.17) is 9.26 Å². The molecule has 2 N–H and O–H groups in total. The first-order valence-electron chi connectivity index (χ1n) is 6.89. The minimum atomic E-state index is -0.177. The average Bonchev–Trinajstić information content (AvgIpc) is 2.89. The summed E-state index contributed by atoms with van der Waals surface area (Å²) in [5.74, 6) is 1.37. The third-order valence-corrected chi connectivity index (χ3v) is 3.21. The number of carbonyl (C=O) groups is 2. The van der Waals surface area contributed by atoms with Crippen molar-refractivity contribution in [3.05, 3.63) is 35.6 Å². The molecule has 1 aliphatic rings. The number of ether oxygens (including phenoxy) is 1. The fourth-order valence-electron chi connectivity index (χ4n) is 2.17. The van der Waals surface area contributed by atoms with Crippen LogP contribution in [-0.4, -0.2) is 23.6 Å². The molecule has 1 aromatic carbocycles. The molecule has 3 rings (SSSR count). The van der Waals surface area contributed by atoms with E-state index in [1.807, 2.05) is 12.1 Å². The molecule has 0 spiro atoms. The molecule has 0 fully saturated rings. The highest BCUT2D eigenvalue weighted by atomic mass is 16.5. The van der Waals surface area contributed by atoms with E-state index in [2.05, 4.69) is 15.8 Å². The smallest absolute Gasteiger partial charge is 0.262 e. The van der Waals surface area contributed by atoms with Gasteiger partial charge >= 0.3 is 0 Å². The number of rotatable bonds is 4. The van der Waals surface area contributed by atoms with Crippen LogP contribution in [0.4, 0.5) is 11.5 Å². The first-order chi connectivity index (χ1) is 10.6. The van der Waals surface area contributed by atoms with Crippen LogP contribution in [0.1, 0.15) is 17.7 Å². The number of aromatic nitrogens is 1. The molecule has 114 valence electrons. The summed E-state index contributed by atoms with van der Waals surface area (Å²) in [6.45, 7) is 1.79. The van der Waals surface area contributed by atoms with Gasteiger partial charge in [-0.3, -0.25) is 9.59 Å². The van der Waals surface area contributed by atoms with Crippen molar-refractivity contribution in [1.29, 1.82) is 0 Å². The number of anilines is 2. The normalized spacial score (nSPS) is 13.0. The van der Waals surface area contributed by atoms with Crippen molar-refractivity contribution < 1.29 is 18.8 Å². The molecule has 2 amide bonds. The van der Waals surface area contributed by atoms with Crippen molar-refractivity contribution in [2.24, 2.45) is 0 Å². The second-order valence-electron chi connectivity index (χ2n) is 5.04. The number of fused-ring (bicyclic) bond motifs is 1. The molecule has 22 heavy (non-hydrogen) atoms. The van der Waals surface area contributed by atoms with Gasteiger partial charge in [0.05, 0.1) is 5.69 Å². The van der Waals surface area contributed by atoms with Gasteiger partial charge in [0.2, 0.25) is 5.91 Å². The largest absolute Gasteiger partial charge is 0.482 e. The van der Waals surface area contributed by atoms with Crippen LogP contribution in [0, 0.1) is 6.92 Å². The Morgan fingerprint density at radius 1 is 1.41 bits per heavy atom. The maximum Gasteiger partial charge on any atom is 0.262 e. The Kier molecular flexibility index (Phi) is 3.78. The molecule has 0 aliphatic carbocycles. The van der Waals surface area contributed by atoms with Gasteiger partial charge in [-0.1, -0.05) is 11.2 Å². The number of benzene rings is 1. The van der Waals surface area contributed by atoms with E-state index >= 15 is 0 Å². The van der Waals surface area contributed by atoms with Crippen LogP contribution in [0.2, 0.25) is 0 Å². The van der Waals surface area contributed by atoms with Crippen molar-refractivity contribution in [3.8, 4) is 5.75 Å². The summed E-state index contributed by atoms with van der Waals surface area (Å²) in [6, 6.07) is 7.15. The number of hydrogen-bond donors (Lipinski definition) is 2. The second-order valence-corrected chi connectivity index (χ2v) is 5.04. The molecule has 2 aromatic rings. The third kappa shape index (κ3) is 3.25. The molecule has 0 bridgehead atoms. The molecular formula is C15H15N3O4. The Morgan fingerprint density at radius 2 is 2.27 bits per heavy atom. The van der Waals surface area contributed by atoms with Crippen LogP contribution in [0.15, 0.2) is 28.8 Å². The summed E-state index contributed by atoms with van der Waals surface area (Å²) in [6.07, 6.45) is 0.852. The molecular weight excluding hydrogens is 286 g/mol. The Labute approximate surface area is 126 Å². The van der Waals surface area contributed by atoms with E-state index in [1.165, 1.54) is 0 Å². The van der Waals surface area contributed by atoms with Crippen LogP contribution in [-0.2, 0) is 16.0 Å². The predicted molar refractivity (Wildman–Crippen MR) is 78.8 cm³/mol. The summed E-state index contributed by atoms with van der Waals surface area (Å²) in [5.41, 5.74) is 1.58. The summed E-state index contributed by atoms with van der Waals surface area (Å²) in [7, 11) is 0. The molecule has 0 unspecified atom stereocenters. The predicted octanol–water partition coefficient (Wildman–Crippen LogP) is 1.89. The number of carbonyl (C=O) groups excluding carboxylic acids is 2. The van der Waals surface area contributed by atoms with Gasteiger partial charge < -0.3 is 19.9 Å². The molecule has 0 saturated carbocycles. The highest BCUT2D eigenvalue weighted by Gasteiger charge is 2.16. The Bertz CT molecular complexity index is 723. The fraction of sp³-hybridized carbons (Fsp3) is 0.267. The zero-order valence-electron chi connectivity index (χ0n) is 12.0. The summed E-state index contributed by atoms with van der Waals surface area (Å²) >= 11 is 0. The van der Waals surface area contributed by atoms with Crippen molar-refractivity contribution in [3.63, 3.8) is 0 Å². The van der Waals surface area contributed by atoms with Crippen molar-refractivity contribution in [2.75, 3.05) is 17.2 Å². The number of aryl methyl sites for hydroxylation is 2. The van der Waals surface area contributed by atoms with Crippen molar-refractivity contribution >= 4 is 23.3 Å². The molecule has 1 aliphatic heterocycles. The minimum absolute atomic E-state index is 0.0336. The molecule has 2 heterocycles. The van der Waals surface area contributed by atoms with Gasteiger partial charge in [0.25, 0.3) is 5.91 Å². The lowest BCUT2D eigenvalue weighted by Gasteiger charge is -2.18. The van der Waals surface area contributed by atoms with Gasteiger partial charge in [-0.25, -0.2) is 0 Å². The quantitative estimate of drug-likeness (QED) is 0.899. The summed E-state index contributed by atoms with van der Waals surface area (Å²) in [4.78, 5) is 23.1. The van der Waals surface area contributed by atoms with E-state index in [1.54, 1.807) is 19.1 Å². The van der Waals surface area contributed by atoms with Crippen molar-refractivity contribution in [1.82, 2.24) is 5.16 Å². The van der Waals surface area contributed by atoms with E-state index in [-0.39, 0.29) is 18.4 Å². The van der Waals surface area contributed by atoms with Crippen LogP contribution in [0.3, 0.4) is 0 Å². The van der Waals surface area contributed by atoms with E-state index in [9.17, 15) is 9.59 Å². The number of hydrogen-bond acceptors (Lipinski definition) is 5. The van der Waals surface area contributed by atoms with Crippen LogP contribution < -0.4 is 15.4 Å². The molecule has 0 atom stereocenters. The number of nitrogens with zero attached hydrogens (tertiary/aromatic N) is 1. The van der Waals surface area contributed by atoms with E-state index in [0.717, 1.165) is 5.56 Å². The number of nitrogens with one attached hydrogen (secondary N) is 2. The zero-order valence-corrected chi connectivity index (χ0v) is 12.0. The SMILES string of the molecule is Cc1cc(NC(=O)CCc2ccc3c(c2)NC(=O)CO3)no1. The summed E-state index contributed by atoms with van der Waals surface area (Å²) < 4.78 is 10.2. The van der Waals surface area contributed by atoms with Crippen LogP contribution >= 0.6 is 0 Å². The third-order valence-electron chi connectivity index (χ3n) is 3.21. The summed E-state index contributed by atoms with van der Waals surface area (Å²) in [5, 5.41) is 9.11. The van der Waals surface area contributed by atoms with Gasteiger partial charge in [0.1, 0.15) is 11.5 Å². The number of amides is 2. The standard InChI is InChI=1S/C15H15N3O4/c1-9-6-13(18-22-9)17-14(19)5-3-10-2-4-12-11(7-10)16-15(20)8-21-12/h2,4,6-7H,3,5,8H2,1H3,(H,16,20)(H,17,18,19). The lowest BCUT2D eigenvalue weighted by atomic mass is 10.1. The minimum Gasteiger partial charge on any atom is -0.482 e. The van der Waals surface area contributed by atoms with E-state index in [0.29, 0.717) is 35.9 Å². The van der Waals surface area contributed by atoms with Crippen molar-refractivity contribution in [2.45, 2.75) is 19.8 Å². The average molecular weight is 301 g/mol. The van der Waals surface area contributed by atoms with Crippen LogP contribution in [0.25, 0.3) is 0 Å². The van der Waals surface area contributed by atoms with Crippen LogP contribution in [0.5, 0.6) is 5.75 Å². The van der Waals surface area contributed by atoms with Gasteiger partial charge in [-0.05, 0) is 31.0 Å². The molecule has 7 nitrogen and oxygen atoms in total. The van der Waals surface area contributed by atoms with Gasteiger partial charge in [0.15, 0.2) is 12.4 Å². The molecule has 0 radical (unpaired) electrons. The molecule has 7 heteroatoms. The maximum atomic E-state index is 11.8. The molecule has 0 saturated heterocycles. The lowest BCUT2D eigenvalue weighted by Crippen LogP contribution is -2.25. The van der Waals surface area contributed by atoms with Gasteiger partial charge in [-0.15, -0.1) is 0 Å². The molecule has 1 aromatic heterocycles. The monoisotopic (exact) mass is 301 g/mol. The Balaban J connectivity index is 1.58. The topological polar surface area (TPSA) is 93.5 Å². The fourth-order valence-corrected chi connectivity index (χ4v) is 2.17. The second kappa shape index (κ2) is 5.88. The first-order valence-corrected chi connectivity index (χ1v) is 6.89. The van der Waals surface area contributed by atoms with Gasteiger partial charge in [-0.2, -0.15) is 0 Å². The first kappa shape index (κ1) is 14.1. The highest BCUT2D eigenvalue weighted by molar-refractivity contribution is 5.95. The van der Waals surface area contributed by atoms with E-state index < -0.39 is 0 Å². The maximum absolute atomic E-state index is 11.8. The highest BCUT2D eigenvalue weighted by Crippen LogP contribution is 2.28.